The summed E-state index contributed by atoms with van der Waals surface area (Å²) in [6.45, 7) is 6.07. The fourth-order valence-electron chi connectivity index (χ4n) is 3.79. The lowest BCUT2D eigenvalue weighted by atomic mass is 10.1. The van der Waals surface area contributed by atoms with Crippen LogP contribution < -0.4 is 9.46 Å². The molecule has 8 heteroatoms. The van der Waals surface area contributed by atoms with E-state index in [9.17, 15) is 8.42 Å². The van der Waals surface area contributed by atoms with Crippen molar-refractivity contribution >= 4 is 10.0 Å². The largest absolute Gasteiger partial charge is 0.495 e. The van der Waals surface area contributed by atoms with Gasteiger partial charge in [0.1, 0.15) is 10.6 Å². The zero-order chi connectivity index (χ0) is 21.0. The molecular formula is C21H32N4O3S. The van der Waals surface area contributed by atoms with Gasteiger partial charge in [-0.2, -0.15) is 0 Å². The molecule has 2 heterocycles. The Morgan fingerprint density at radius 3 is 2.45 bits per heavy atom. The van der Waals surface area contributed by atoms with Crippen molar-refractivity contribution in [2.24, 2.45) is 7.05 Å². The van der Waals surface area contributed by atoms with E-state index in [1.807, 2.05) is 32.3 Å². The molecular weight excluding hydrogens is 388 g/mol. The Morgan fingerprint density at radius 2 is 1.86 bits per heavy atom. The summed E-state index contributed by atoms with van der Waals surface area (Å²) in [5, 5.41) is 0. The number of piperazine rings is 1. The van der Waals surface area contributed by atoms with E-state index in [1.54, 1.807) is 12.1 Å². The third-order valence-electron chi connectivity index (χ3n) is 5.70. The average molecular weight is 421 g/mol. The highest BCUT2D eigenvalue weighted by Gasteiger charge is 2.28. The number of ether oxygens (including phenoxy) is 1. The van der Waals surface area contributed by atoms with Crippen LogP contribution in [-0.2, 0) is 23.5 Å². The van der Waals surface area contributed by atoms with Crippen molar-refractivity contribution in [1.82, 2.24) is 19.1 Å². The fourth-order valence-corrected chi connectivity index (χ4v) is 5.05. The number of hydrogen-bond acceptors (Lipinski definition) is 5. The van der Waals surface area contributed by atoms with Gasteiger partial charge in [0.25, 0.3) is 0 Å². The lowest BCUT2D eigenvalue weighted by Crippen LogP contribution is -2.48. The van der Waals surface area contributed by atoms with E-state index < -0.39 is 10.0 Å². The molecule has 2 aromatic rings. The summed E-state index contributed by atoms with van der Waals surface area (Å²) in [4.78, 5) is 4.85. The zero-order valence-electron chi connectivity index (χ0n) is 17.8. The lowest BCUT2D eigenvalue weighted by molar-refractivity contribution is 0.109. The highest BCUT2D eigenvalue weighted by Crippen LogP contribution is 2.27. The first-order chi connectivity index (χ1) is 13.9. The maximum absolute atomic E-state index is 13.1. The molecule has 0 bridgehead atoms. The normalized spacial score (nSPS) is 17.4. The Hall–Kier alpha value is -1.87. The Bertz CT molecular complexity index is 918. The van der Waals surface area contributed by atoms with E-state index in [4.69, 9.17) is 4.74 Å². The first kappa shape index (κ1) is 21.8. The molecule has 0 saturated carbocycles. The third kappa shape index (κ3) is 5.01. The Morgan fingerprint density at radius 1 is 1.14 bits per heavy atom. The maximum atomic E-state index is 13.1. The molecule has 1 atom stereocenters. The van der Waals surface area contributed by atoms with Crippen LogP contribution in [0.1, 0.15) is 24.2 Å². The molecule has 1 N–H and O–H groups in total. The van der Waals surface area contributed by atoms with Crippen LogP contribution in [0.2, 0.25) is 0 Å². The van der Waals surface area contributed by atoms with E-state index in [1.165, 1.54) is 7.11 Å². The summed E-state index contributed by atoms with van der Waals surface area (Å²) in [6, 6.07) is 9.36. The number of nitrogens with one attached hydrogen (secondary N) is 1. The molecule has 7 nitrogen and oxygen atoms in total. The molecule has 1 aromatic carbocycles. The van der Waals surface area contributed by atoms with E-state index >= 15 is 0 Å². The Labute approximate surface area is 174 Å². The quantitative estimate of drug-likeness (QED) is 0.706. The Kier molecular flexibility index (Phi) is 7.00. The average Bonchev–Trinajstić information content (AvgIpc) is 3.14. The van der Waals surface area contributed by atoms with Crippen molar-refractivity contribution in [1.29, 1.82) is 0 Å². The van der Waals surface area contributed by atoms with E-state index in [0.717, 1.165) is 43.9 Å². The van der Waals surface area contributed by atoms with Crippen molar-refractivity contribution < 1.29 is 13.2 Å². The van der Waals surface area contributed by atoms with Gasteiger partial charge in [0, 0.05) is 51.7 Å². The van der Waals surface area contributed by atoms with Gasteiger partial charge < -0.3 is 14.2 Å². The number of sulfonamides is 1. The minimum Gasteiger partial charge on any atom is -0.495 e. The number of nitrogens with zero attached hydrogens (tertiary/aromatic N) is 3. The van der Waals surface area contributed by atoms with Gasteiger partial charge in [0.05, 0.1) is 13.2 Å². The summed E-state index contributed by atoms with van der Waals surface area (Å²) in [5.74, 6) is 0.365. The van der Waals surface area contributed by atoms with Crippen LogP contribution in [0.3, 0.4) is 0 Å². The van der Waals surface area contributed by atoms with E-state index in [-0.39, 0.29) is 10.9 Å². The number of rotatable bonds is 8. The monoisotopic (exact) mass is 420 g/mol. The molecule has 3 rings (SSSR count). The van der Waals surface area contributed by atoms with Gasteiger partial charge in [-0.15, -0.1) is 0 Å². The molecule has 1 unspecified atom stereocenters. The third-order valence-corrected chi connectivity index (χ3v) is 7.14. The van der Waals surface area contributed by atoms with Crippen molar-refractivity contribution in [2.75, 3.05) is 46.9 Å². The van der Waals surface area contributed by atoms with Crippen LogP contribution in [0, 0.1) is 0 Å². The van der Waals surface area contributed by atoms with Gasteiger partial charge in [-0.1, -0.05) is 13.0 Å². The van der Waals surface area contributed by atoms with Gasteiger partial charge in [-0.05, 0) is 43.3 Å². The molecule has 29 heavy (non-hydrogen) atoms. The summed E-state index contributed by atoms with van der Waals surface area (Å²) in [7, 11) is 1.91. The number of methoxy groups -OCH3 is 1. The highest BCUT2D eigenvalue weighted by atomic mass is 32.2. The van der Waals surface area contributed by atoms with Gasteiger partial charge in [-0.25, -0.2) is 13.1 Å². The SMILES string of the molecule is CCc1ccc(OC)c(S(=O)(=O)NCC(c2cccn2C)N2CCN(C)CC2)c1. The van der Waals surface area contributed by atoms with Gasteiger partial charge in [-0.3, -0.25) is 4.90 Å². The number of hydrogen-bond donors (Lipinski definition) is 1. The molecule has 1 aromatic heterocycles. The van der Waals surface area contributed by atoms with Crippen LogP contribution in [0.4, 0.5) is 0 Å². The van der Waals surface area contributed by atoms with E-state index in [2.05, 4.69) is 32.2 Å². The molecule has 1 saturated heterocycles. The second-order valence-electron chi connectivity index (χ2n) is 7.59. The smallest absolute Gasteiger partial charge is 0.244 e. The van der Waals surface area contributed by atoms with E-state index in [0.29, 0.717) is 12.3 Å². The first-order valence-corrected chi connectivity index (χ1v) is 11.5. The molecule has 1 aliphatic heterocycles. The topological polar surface area (TPSA) is 66.8 Å². The number of aryl methyl sites for hydroxylation is 2. The van der Waals surface area contributed by atoms with Gasteiger partial charge in [0.15, 0.2) is 0 Å². The van der Waals surface area contributed by atoms with Crippen LogP contribution in [-0.4, -0.2) is 69.7 Å². The summed E-state index contributed by atoms with van der Waals surface area (Å²) < 4.78 is 36.5. The van der Waals surface area contributed by atoms with Crippen molar-refractivity contribution in [3.05, 3.63) is 47.8 Å². The fraction of sp³-hybridized carbons (Fsp3) is 0.524. The first-order valence-electron chi connectivity index (χ1n) is 10.1. The molecule has 0 aliphatic carbocycles. The van der Waals surface area contributed by atoms with Crippen LogP contribution in [0.5, 0.6) is 5.75 Å². The van der Waals surface area contributed by atoms with Crippen LogP contribution in [0.25, 0.3) is 0 Å². The zero-order valence-corrected chi connectivity index (χ0v) is 18.6. The summed E-state index contributed by atoms with van der Waals surface area (Å²) >= 11 is 0. The van der Waals surface area contributed by atoms with Crippen molar-refractivity contribution in [3.63, 3.8) is 0 Å². The minimum absolute atomic E-state index is 0.0289. The summed E-state index contributed by atoms with van der Waals surface area (Å²) in [5.41, 5.74) is 2.07. The second-order valence-corrected chi connectivity index (χ2v) is 9.33. The number of benzene rings is 1. The second kappa shape index (κ2) is 9.30. The Balaban J connectivity index is 1.84. The standard InChI is InChI=1S/C21H32N4O3S/c1-5-17-8-9-20(28-4)21(15-17)29(26,27)22-16-19(18-7-6-10-24(18)3)25-13-11-23(2)12-14-25/h6-10,15,19,22H,5,11-14,16H2,1-4H3. The molecule has 0 amide bonds. The van der Waals surface area contributed by atoms with Crippen LogP contribution >= 0.6 is 0 Å². The van der Waals surface area contributed by atoms with Crippen LogP contribution in [0.15, 0.2) is 41.4 Å². The number of likely N-dealkylation sites (N-methyl/N-ethyl adjacent to an activating group) is 1. The molecule has 1 fully saturated rings. The molecule has 0 radical (unpaired) electrons. The maximum Gasteiger partial charge on any atom is 0.244 e. The minimum atomic E-state index is -3.71. The molecule has 0 spiro atoms. The van der Waals surface area contributed by atoms with Gasteiger partial charge in [0.2, 0.25) is 10.0 Å². The van der Waals surface area contributed by atoms with Crippen molar-refractivity contribution in [2.45, 2.75) is 24.3 Å². The predicted molar refractivity (Wildman–Crippen MR) is 115 cm³/mol. The molecule has 1 aliphatic rings. The van der Waals surface area contributed by atoms with Gasteiger partial charge >= 0.3 is 0 Å². The predicted octanol–water partition coefficient (Wildman–Crippen LogP) is 1.86. The van der Waals surface area contributed by atoms with Crippen molar-refractivity contribution in [3.8, 4) is 5.75 Å². The lowest BCUT2D eigenvalue weighted by Gasteiger charge is -2.38. The number of aromatic nitrogens is 1. The summed E-state index contributed by atoms with van der Waals surface area (Å²) in [6.07, 6.45) is 2.76. The molecule has 160 valence electrons. The highest BCUT2D eigenvalue weighted by molar-refractivity contribution is 7.89.